The lowest BCUT2D eigenvalue weighted by Gasteiger charge is -2.39. The van der Waals surface area contributed by atoms with Crippen LogP contribution in [0, 0.1) is 5.82 Å². The number of piperazine rings is 1. The number of nitrogens with zero attached hydrogens (tertiary/aromatic N) is 2. The molecular formula is C20H31ClFN3O. The van der Waals surface area contributed by atoms with Crippen LogP contribution < -0.4 is 5.32 Å². The molecule has 6 heteroatoms. The van der Waals surface area contributed by atoms with Gasteiger partial charge in [-0.2, -0.15) is 0 Å². The lowest BCUT2D eigenvalue weighted by molar-refractivity contribution is -0.137. The number of hydrogen-bond donors (Lipinski definition) is 1. The maximum absolute atomic E-state index is 13.6. The molecule has 1 aliphatic heterocycles. The second-order valence-electron chi connectivity index (χ2n) is 7.58. The van der Waals surface area contributed by atoms with Crippen molar-refractivity contribution >= 4 is 18.3 Å². The van der Waals surface area contributed by atoms with E-state index in [0.717, 1.165) is 38.0 Å². The molecule has 146 valence electrons. The van der Waals surface area contributed by atoms with Gasteiger partial charge in [0.15, 0.2) is 0 Å². The summed E-state index contributed by atoms with van der Waals surface area (Å²) >= 11 is 0. The number of nitrogens with one attached hydrogen (secondary N) is 1. The van der Waals surface area contributed by atoms with E-state index in [1.54, 1.807) is 12.1 Å². The fraction of sp³-hybridized carbons (Fsp3) is 0.650. The molecule has 4 nitrogen and oxygen atoms in total. The summed E-state index contributed by atoms with van der Waals surface area (Å²) in [5.41, 5.74) is 0.942. The van der Waals surface area contributed by atoms with Crippen LogP contribution in [-0.2, 0) is 4.79 Å². The van der Waals surface area contributed by atoms with Crippen molar-refractivity contribution in [2.24, 2.45) is 0 Å². The average Bonchev–Trinajstić information content (AvgIpc) is 3.09. The van der Waals surface area contributed by atoms with Crippen LogP contribution in [0.1, 0.15) is 51.1 Å². The van der Waals surface area contributed by atoms with Crippen molar-refractivity contribution in [3.05, 3.63) is 35.6 Å². The standard InChI is InChI=1S/C20H30FN3O.ClH/c1-15(2)24(18-8-3-4-9-18)20(25)14-23-11-10-22-13-19(23)16-6-5-7-17(21)12-16;/h5-7,12,15,18-19,22H,3-4,8-11,13-14H2,1-2H3;1H. The van der Waals surface area contributed by atoms with E-state index >= 15 is 0 Å². The molecule has 1 aliphatic carbocycles. The molecule has 0 aromatic heterocycles. The lowest BCUT2D eigenvalue weighted by Crippen LogP contribution is -2.53. The molecule has 0 radical (unpaired) electrons. The van der Waals surface area contributed by atoms with Crippen LogP contribution in [-0.4, -0.2) is 54.0 Å². The number of carbonyl (C=O) groups excluding carboxylic acids is 1. The highest BCUT2D eigenvalue weighted by molar-refractivity contribution is 5.85. The largest absolute Gasteiger partial charge is 0.336 e. The molecule has 1 amide bonds. The predicted molar refractivity (Wildman–Crippen MR) is 105 cm³/mol. The summed E-state index contributed by atoms with van der Waals surface area (Å²) in [6.45, 7) is 7.06. The van der Waals surface area contributed by atoms with Crippen molar-refractivity contribution in [2.45, 2.75) is 57.7 Å². The van der Waals surface area contributed by atoms with Gasteiger partial charge in [-0.1, -0.05) is 25.0 Å². The summed E-state index contributed by atoms with van der Waals surface area (Å²) in [6.07, 6.45) is 4.69. The molecule has 1 atom stereocenters. The molecule has 1 heterocycles. The minimum atomic E-state index is -0.218. The Morgan fingerprint density at radius 2 is 2.08 bits per heavy atom. The zero-order chi connectivity index (χ0) is 17.8. The number of benzene rings is 1. The van der Waals surface area contributed by atoms with E-state index in [2.05, 4.69) is 29.0 Å². The van der Waals surface area contributed by atoms with Crippen molar-refractivity contribution in [3.8, 4) is 0 Å². The van der Waals surface area contributed by atoms with Crippen LogP contribution in [0.15, 0.2) is 24.3 Å². The predicted octanol–water partition coefficient (Wildman–Crippen LogP) is 3.37. The SMILES string of the molecule is CC(C)N(C(=O)CN1CCNCC1c1cccc(F)c1)C1CCCC1.Cl. The highest BCUT2D eigenvalue weighted by Crippen LogP contribution is 2.27. The third kappa shape index (κ3) is 4.96. The molecule has 0 spiro atoms. The van der Waals surface area contributed by atoms with Gasteiger partial charge in [0.25, 0.3) is 0 Å². The summed E-state index contributed by atoms with van der Waals surface area (Å²) in [6, 6.07) is 7.43. The molecule has 26 heavy (non-hydrogen) atoms. The maximum atomic E-state index is 13.6. The number of amides is 1. The maximum Gasteiger partial charge on any atom is 0.237 e. The van der Waals surface area contributed by atoms with Gasteiger partial charge in [0, 0.05) is 37.8 Å². The van der Waals surface area contributed by atoms with Gasteiger partial charge in [-0.3, -0.25) is 9.69 Å². The average molecular weight is 384 g/mol. The number of hydrogen-bond acceptors (Lipinski definition) is 3. The first-order valence-electron chi connectivity index (χ1n) is 9.57. The van der Waals surface area contributed by atoms with Crippen molar-refractivity contribution in [1.29, 1.82) is 0 Å². The monoisotopic (exact) mass is 383 g/mol. The molecule has 2 aliphatic rings. The topological polar surface area (TPSA) is 35.6 Å². The Labute approximate surface area is 162 Å². The smallest absolute Gasteiger partial charge is 0.237 e. The van der Waals surface area contributed by atoms with Crippen LogP contribution in [0.4, 0.5) is 4.39 Å². The van der Waals surface area contributed by atoms with E-state index in [1.165, 1.54) is 18.9 Å². The van der Waals surface area contributed by atoms with Gasteiger partial charge < -0.3 is 10.2 Å². The number of carbonyl (C=O) groups is 1. The van der Waals surface area contributed by atoms with E-state index in [4.69, 9.17) is 0 Å². The van der Waals surface area contributed by atoms with E-state index in [1.807, 2.05) is 6.07 Å². The van der Waals surface area contributed by atoms with Gasteiger partial charge in [0.2, 0.25) is 5.91 Å². The van der Waals surface area contributed by atoms with Gasteiger partial charge in [-0.25, -0.2) is 4.39 Å². The van der Waals surface area contributed by atoms with E-state index in [9.17, 15) is 9.18 Å². The van der Waals surface area contributed by atoms with Crippen LogP contribution in [0.2, 0.25) is 0 Å². The first kappa shape index (κ1) is 21.1. The van der Waals surface area contributed by atoms with E-state index < -0.39 is 0 Å². The number of halogens is 2. The van der Waals surface area contributed by atoms with Gasteiger partial charge in [0.1, 0.15) is 5.82 Å². The molecular weight excluding hydrogens is 353 g/mol. The third-order valence-corrected chi connectivity index (χ3v) is 5.49. The van der Waals surface area contributed by atoms with E-state index in [0.29, 0.717) is 12.6 Å². The van der Waals surface area contributed by atoms with Crippen molar-refractivity contribution in [1.82, 2.24) is 15.1 Å². The fourth-order valence-electron chi connectivity index (χ4n) is 4.33. The second kappa shape index (κ2) is 9.67. The minimum absolute atomic E-state index is 0. The van der Waals surface area contributed by atoms with Gasteiger partial charge in [-0.15, -0.1) is 12.4 Å². The number of rotatable bonds is 5. The van der Waals surface area contributed by atoms with E-state index in [-0.39, 0.29) is 36.2 Å². The Kier molecular flexibility index (Phi) is 7.86. The molecule has 1 saturated carbocycles. The Balaban J connectivity index is 0.00000243. The van der Waals surface area contributed by atoms with Crippen LogP contribution in [0.3, 0.4) is 0 Å². The molecule has 1 N–H and O–H groups in total. The van der Waals surface area contributed by atoms with Crippen molar-refractivity contribution in [3.63, 3.8) is 0 Å². The quantitative estimate of drug-likeness (QED) is 0.846. The Morgan fingerprint density at radius 1 is 1.35 bits per heavy atom. The highest BCUT2D eigenvalue weighted by atomic mass is 35.5. The lowest BCUT2D eigenvalue weighted by atomic mass is 10.0. The third-order valence-electron chi connectivity index (χ3n) is 5.49. The molecule has 1 aromatic carbocycles. The summed E-state index contributed by atoms with van der Waals surface area (Å²) in [5, 5.41) is 3.37. The zero-order valence-electron chi connectivity index (χ0n) is 15.8. The summed E-state index contributed by atoms with van der Waals surface area (Å²) in [4.78, 5) is 17.4. The van der Waals surface area contributed by atoms with Gasteiger partial charge in [0.05, 0.1) is 6.54 Å². The minimum Gasteiger partial charge on any atom is -0.336 e. The summed E-state index contributed by atoms with van der Waals surface area (Å²) in [5.74, 6) is -0.00526. The Hall–Kier alpha value is -1.17. The molecule has 3 rings (SSSR count). The second-order valence-corrected chi connectivity index (χ2v) is 7.58. The summed E-state index contributed by atoms with van der Waals surface area (Å²) < 4.78 is 13.6. The Morgan fingerprint density at radius 3 is 2.73 bits per heavy atom. The summed E-state index contributed by atoms with van der Waals surface area (Å²) in [7, 11) is 0. The van der Waals surface area contributed by atoms with Crippen molar-refractivity contribution < 1.29 is 9.18 Å². The van der Waals surface area contributed by atoms with Crippen LogP contribution in [0.5, 0.6) is 0 Å². The first-order valence-corrected chi connectivity index (χ1v) is 9.57. The molecule has 1 aromatic rings. The molecule has 0 bridgehead atoms. The Bertz CT molecular complexity index is 592. The van der Waals surface area contributed by atoms with Gasteiger partial charge >= 0.3 is 0 Å². The molecule has 1 unspecified atom stereocenters. The van der Waals surface area contributed by atoms with Crippen LogP contribution in [0.25, 0.3) is 0 Å². The normalized spacial score (nSPS) is 21.6. The fourth-order valence-corrected chi connectivity index (χ4v) is 4.33. The zero-order valence-corrected chi connectivity index (χ0v) is 16.6. The first-order chi connectivity index (χ1) is 12.1. The van der Waals surface area contributed by atoms with Crippen molar-refractivity contribution in [2.75, 3.05) is 26.2 Å². The highest BCUT2D eigenvalue weighted by Gasteiger charge is 2.32. The molecule has 1 saturated heterocycles. The van der Waals surface area contributed by atoms with Crippen LogP contribution >= 0.6 is 12.4 Å². The molecule has 2 fully saturated rings. The van der Waals surface area contributed by atoms with Gasteiger partial charge in [-0.05, 0) is 44.4 Å².